The van der Waals surface area contributed by atoms with Crippen LogP contribution in [0.2, 0.25) is 5.02 Å². The number of halogens is 1. The van der Waals surface area contributed by atoms with Crippen LogP contribution in [-0.2, 0) is 34.7 Å². The zero-order valence-electron chi connectivity index (χ0n) is 21.3. The van der Waals surface area contributed by atoms with Crippen molar-refractivity contribution in [3.8, 4) is 0 Å². The molecule has 0 bridgehead atoms. The van der Waals surface area contributed by atoms with Crippen molar-refractivity contribution >= 4 is 41.0 Å². The van der Waals surface area contributed by atoms with Crippen molar-refractivity contribution in [3.05, 3.63) is 57.9 Å². The average molecular weight is 554 g/mol. The van der Waals surface area contributed by atoms with Crippen LogP contribution >= 0.6 is 23.4 Å². The summed E-state index contributed by atoms with van der Waals surface area (Å²) in [5.41, 5.74) is 6.53. The lowest BCUT2D eigenvalue weighted by atomic mass is 10.0. The van der Waals surface area contributed by atoms with E-state index >= 15 is 0 Å². The number of nitrogens with zero attached hydrogens (tertiary/aromatic N) is 1. The third-order valence-electron chi connectivity index (χ3n) is 5.43. The van der Waals surface area contributed by atoms with E-state index in [0.717, 1.165) is 60.4 Å². The van der Waals surface area contributed by atoms with Gasteiger partial charge in [-0.1, -0.05) is 44.5 Å². The van der Waals surface area contributed by atoms with Crippen LogP contribution in [-0.4, -0.2) is 68.4 Å². The standard InChI is InChI=1S/C22H30ClN3S.C4H6O6/c1-22(2,3)15-27-14-18-6-4-16(12-25-18)13-26-21-19-9-11-24-10-8-17(19)5-7-20(21)23;5-1(3(7)8)2(6)4(9)10/h4-7,12,24,26H,8-11,13-15H2,1-3H3;1-2,5-6H,(H,7,8)(H,9,10)/t;1-,2-/m.1/s1. The number of aliphatic carboxylic acids is 2. The average Bonchev–Trinajstić information content (AvgIpc) is 3.08. The molecule has 9 nitrogen and oxygen atoms in total. The van der Waals surface area contributed by atoms with E-state index in [2.05, 4.69) is 54.6 Å². The largest absolute Gasteiger partial charge is 0.479 e. The van der Waals surface area contributed by atoms with E-state index in [9.17, 15) is 9.59 Å². The maximum atomic E-state index is 9.77. The van der Waals surface area contributed by atoms with Gasteiger partial charge in [0.1, 0.15) is 0 Å². The quantitative estimate of drug-likeness (QED) is 0.273. The molecule has 1 aromatic heterocycles. The molecule has 0 radical (unpaired) electrons. The Hall–Kier alpha value is -2.37. The predicted molar refractivity (Wildman–Crippen MR) is 146 cm³/mol. The Bertz CT molecular complexity index is 1030. The number of anilines is 1. The SMILES string of the molecule is CC(C)(C)CSCc1ccc(CNc2c(Cl)ccc3c2CCNCC3)cn1.O=C(O)[C@H](O)[C@@H](O)C(=O)O. The molecule has 2 aromatic rings. The summed E-state index contributed by atoms with van der Waals surface area (Å²) in [6, 6.07) is 8.50. The summed E-state index contributed by atoms with van der Waals surface area (Å²) < 4.78 is 0. The topological polar surface area (TPSA) is 152 Å². The Kier molecular flexibility index (Phi) is 12.1. The molecule has 1 aliphatic heterocycles. The number of aliphatic hydroxyl groups excluding tert-OH is 2. The summed E-state index contributed by atoms with van der Waals surface area (Å²) in [6.45, 7) is 9.60. The van der Waals surface area contributed by atoms with Gasteiger partial charge in [-0.2, -0.15) is 11.8 Å². The number of hydrogen-bond donors (Lipinski definition) is 6. The number of pyridine rings is 1. The first-order valence-corrected chi connectivity index (χ1v) is 13.5. The number of carboxylic acid groups (broad SMARTS) is 2. The molecular weight excluding hydrogens is 518 g/mol. The smallest absolute Gasteiger partial charge is 0.335 e. The second kappa shape index (κ2) is 14.5. The van der Waals surface area contributed by atoms with Gasteiger partial charge >= 0.3 is 11.9 Å². The summed E-state index contributed by atoms with van der Waals surface area (Å²) in [4.78, 5) is 24.2. The molecule has 0 fully saturated rings. The van der Waals surface area contributed by atoms with Crippen LogP contribution in [0.4, 0.5) is 5.69 Å². The lowest BCUT2D eigenvalue weighted by Crippen LogP contribution is -2.39. The van der Waals surface area contributed by atoms with Gasteiger partial charge in [-0.25, -0.2) is 9.59 Å². The Morgan fingerprint density at radius 3 is 2.30 bits per heavy atom. The molecule has 2 heterocycles. The number of rotatable bonds is 9. The van der Waals surface area contributed by atoms with Crippen molar-refractivity contribution in [2.75, 3.05) is 24.2 Å². The van der Waals surface area contributed by atoms with Crippen LogP contribution < -0.4 is 10.6 Å². The fourth-order valence-corrected chi connectivity index (χ4v) is 4.84. The molecule has 0 saturated heterocycles. The van der Waals surface area contributed by atoms with Gasteiger partial charge in [-0.3, -0.25) is 4.98 Å². The molecule has 6 N–H and O–H groups in total. The number of hydrogen-bond acceptors (Lipinski definition) is 8. The Morgan fingerprint density at radius 1 is 1.08 bits per heavy atom. The van der Waals surface area contributed by atoms with E-state index in [1.54, 1.807) is 0 Å². The molecule has 0 aliphatic carbocycles. The van der Waals surface area contributed by atoms with Gasteiger partial charge in [0.05, 0.1) is 16.4 Å². The van der Waals surface area contributed by atoms with Crippen LogP contribution in [0.25, 0.3) is 0 Å². The molecule has 3 rings (SSSR count). The fourth-order valence-electron chi connectivity index (χ4n) is 3.50. The monoisotopic (exact) mass is 553 g/mol. The normalized spacial score (nSPS) is 14.9. The second-order valence-corrected chi connectivity index (χ2v) is 11.3. The number of benzene rings is 1. The summed E-state index contributed by atoms with van der Waals surface area (Å²) in [7, 11) is 0. The van der Waals surface area contributed by atoms with E-state index in [1.807, 2.05) is 24.0 Å². The number of carbonyl (C=O) groups is 2. The van der Waals surface area contributed by atoms with Crippen LogP contribution in [0, 0.1) is 5.41 Å². The summed E-state index contributed by atoms with van der Waals surface area (Å²) >= 11 is 8.45. The minimum atomic E-state index is -2.27. The maximum Gasteiger partial charge on any atom is 0.335 e. The zero-order valence-corrected chi connectivity index (χ0v) is 22.9. The first-order chi connectivity index (χ1) is 17.4. The van der Waals surface area contributed by atoms with Crippen molar-refractivity contribution in [2.45, 2.75) is 58.1 Å². The number of aromatic nitrogens is 1. The van der Waals surface area contributed by atoms with Gasteiger partial charge in [0.15, 0.2) is 12.2 Å². The van der Waals surface area contributed by atoms with E-state index < -0.39 is 24.1 Å². The Morgan fingerprint density at radius 2 is 1.73 bits per heavy atom. The third-order valence-corrected chi connectivity index (χ3v) is 7.31. The minimum Gasteiger partial charge on any atom is -0.479 e. The van der Waals surface area contributed by atoms with E-state index in [-0.39, 0.29) is 0 Å². The number of aliphatic hydroxyl groups is 2. The predicted octanol–water partition coefficient (Wildman–Crippen LogP) is 3.19. The number of carboxylic acids is 2. The van der Waals surface area contributed by atoms with Crippen LogP contribution in [0.3, 0.4) is 0 Å². The van der Waals surface area contributed by atoms with E-state index in [1.165, 1.54) is 16.7 Å². The Balaban J connectivity index is 0.000000410. The first-order valence-electron chi connectivity index (χ1n) is 12.0. The molecule has 1 aromatic carbocycles. The summed E-state index contributed by atoms with van der Waals surface area (Å²) in [5.74, 6) is -1.43. The number of fused-ring (bicyclic) bond motifs is 1. The van der Waals surface area contributed by atoms with Gasteiger partial charge in [-0.05, 0) is 65.9 Å². The molecular formula is C26H36ClN3O6S. The van der Waals surface area contributed by atoms with Crippen molar-refractivity contribution in [1.29, 1.82) is 0 Å². The zero-order chi connectivity index (χ0) is 27.6. The Labute approximate surface area is 226 Å². The van der Waals surface area contributed by atoms with Crippen LogP contribution in [0.15, 0.2) is 30.5 Å². The molecule has 0 amide bonds. The maximum absolute atomic E-state index is 9.77. The van der Waals surface area contributed by atoms with E-state index in [0.29, 0.717) is 5.41 Å². The molecule has 37 heavy (non-hydrogen) atoms. The number of nitrogens with one attached hydrogen (secondary N) is 2. The van der Waals surface area contributed by atoms with E-state index in [4.69, 9.17) is 32.0 Å². The molecule has 1 aliphatic rings. The highest BCUT2D eigenvalue weighted by molar-refractivity contribution is 7.98. The van der Waals surface area contributed by atoms with Gasteiger partial charge in [0.25, 0.3) is 0 Å². The second-order valence-electron chi connectivity index (χ2n) is 9.94. The van der Waals surface area contributed by atoms with Gasteiger partial charge in [-0.15, -0.1) is 0 Å². The van der Waals surface area contributed by atoms with Crippen molar-refractivity contribution in [1.82, 2.24) is 10.3 Å². The van der Waals surface area contributed by atoms with Gasteiger partial charge in [0.2, 0.25) is 0 Å². The minimum absolute atomic E-state index is 0.358. The molecule has 0 spiro atoms. The molecule has 204 valence electrons. The lowest BCUT2D eigenvalue weighted by molar-refractivity contribution is -0.165. The third kappa shape index (κ3) is 10.5. The highest BCUT2D eigenvalue weighted by Crippen LogP contribution is 2.31. The van der Waals surface area contributed by atoms with Gasteiger partial charge < -0.3 is 31.1 Å². The molecule has 0 saturated carbocycles. The highest BCUT2D eigenvalue weighted by Gasteiger charge is 2.29. The summed E-state index contributed by atoms with van der Waals surface area (Å²) in [5, 5.41) is 40.4. The van der Waals surface area contributed by atoms with Crippen LogP contribution in [0.1, 0.15) is 43.2 Å². The summed E-state index contributed by atoms with van der Waals surface area (Å²) in [6.07, 6.45) is -0.476. The first kappa shape index (κ1) is 30.9. The van der Waals surface area contributed by atoms with Crippen molar-refractivity contribution < 1.29 is 30.0 Å². The highest BCUT2D eigenvalue weighted by atomic mass is 35.5. The fraction of sp³-hybridized carbons (Fsp3) is 0.500. The van der Waals surface area contributed by atoms with Gasteiger partial charge in [0, 0.05) is 18.5 Å². The van der Waals surface area contributed by atoms with Crippen molar-refractivity contribution in [2.24, 2.45) is 5.41 Å². The number of thioether (sulfide) groups is 1. The molecule has 0 unspecified atom stereocenters. The molecule has 11 heteroatoms. The van der Waals surface area contributed by atoms with Crippen LogP contribution in [0.5, 0.6) is 0 Å². The lowest BCUT2D eigenvalue weighted by Gasteiger charge is -2.17. The van der Waals surface area contributed by atoms with Crippen molar-refractivity contribution in [3.63, 3.8) is 0 Å². The molecule has 2 atom stereocenters.